The van der Waals surface area contributed by atoms with Gasteiger partial charge in [-0.2, -0.15) is 5.90 Å². The second-order valence-electron chi connectivity index (χ2n) is 4.88. The fraction of sp³-hybridized carbons (Fsp3) is 0.357. The largest absolute Gasteiger partial charge is 0.422 e. The standard InChI is InChI=1S/C14H15NO5S/c15-19-20-21-18-9-6-7-11-10-4-2-1-3-5-12(10)14(16)17-13(11)8-9/h6-8H,1-5,15H2. The molecule has 0 amide bonds. The Morgan fingerprint density at radius 3 is 2.76 bits per heavy atom. The molecule has 0 atom stereocenters. The van der Waals surface area contributed by atoms with Gasteiger partial charge in [0.05, 0.1) is 0 Å². The summed E-state index contributed by atoms with van der Waals surface area (Å²) in [5, 5.41) is 0.972. The summed E-state index contributed by atoms with van der Waals surface area (Å²) in [6.07, 6.45) is 4.99. The van der Waals surface area contributed by atoms with Crippen molar-refractivity contribution >= 4 is 23.3 Å². The molecule has 0 fully saturated rings. The van der Waals surface area contributed by atoms with E-state index in [0.29, 0.717) is 23.7 Å². The molecule has 0 saturated heterocycles. The van der Waals surface area contributed by atoms with Crippen molar-refractivity contribution in [2.24, 2.45) is 5.90 Å². The highest BCUT2D eigenvalue weighted by Crippen LogP contribution is 2.29. The fourth-order valence-corrected chi connectivity index (χ4v) is 2.97. The van der Waals surface area contributed by atoms with Gasteiger partial charge in [0.1, 0.15) is 11.3 Å². The van der Waals surface area contributed by atoms with Gasteiger partial charge in [0.2, 0.25) is 0 Å². The fourth-order valence-electron chi connectivity index (χ4n) is 2.72. The molecular weight excluding hydrogens is 294 g/mol. The van der Waals surface area contributed by atoms with Crippen LogP contribution in [0.4, 0.5) is 0 Å². The maximum absolute atomic E-state index is 12.1. The van der Waals surface area contributed by atoms with E-state index < -0.39 is 0 Å². The summed E-state index contributed by atoms with van der Waals surface area (Å²) >= 11 is 0.584. The Morgan fingerprint density at radius 2 is 1.95 bits per heavy atom. The van der Waals surface area contributed by atoms with Crippen molar-refractivity contribution in [1.82, 2.24) is 0 Å². The molecule has 1 heterocycles. The number of aryl methyl sites for hydroxylation is 1. The van der Waals surface area contributed by atoms with Gasteiger partial charge in [-0.25, -0.2) is 4.79 Å². The van der Waals surface area contributed by atoms with E-state index in [1.807, 2.05) is 6.07 Å². The highest BCUT2D eigenvalue weighted by Gasteiger charge is 2.17. The van der Waals surface area contributed by atoms with Gasteiger partial charge in [0.15, 0.2) is 0 Å². The van der Waals surface area contributed by atoms with Crippen LogP contribution in [0.1, 0.15) is 30.4 Å². The third kappa shape index (κ3) is 3.06. The molecule has 0 saturated carbocycles. The van der Waals surface area contributed by atoms with E-state index in [0.717, 1.165) is 48.6 Å². The minimum absolute atomic E-state index is 0.245. The molecule has 0 radical (unpaired) electrons. The summed E-state index contributed by atoms with van der Waals surface area (Å²) in [7, 11) is 0. The summed E-state index contributed by atoms with van der Waals surface area (Å²) in [4.78, 5) is 16.1. The molecular formula is C14H15NO5S. The molecule has 6 nitrogen and oxygen atoms in total. The molecule has 0 bridgehead atoms. The number of hydrogen-bond donors (Lipinski definition) is 1. The van der Waals surface area contributed by atoms with Crippen molar-refractivity contribution in [2.75, 3.05) is 0 Å². The predicted molar refractivity (Wildman–Crippen MR) is 78.3 cm³/mol. The smallest absolute Gasteiger partial charge is 0.339 e. The highest BCUT2D eigenvalue weighted by molar-refractivity contribution is 7.90. The van der Waals surface area contributed by atoms with Crippen LogP contribution in [0.15, 0.2) is 27.4 Å². The molecule has 0 unspecified atom stereocenters. The van der Waals surface area contributed by atoms with Crippen molar-refractivity contribution in [3.05, 3.63) is 39.7 Å². The van der Waals surface area contributed by atoms with Crippen LogP contribution in [0.5, 0.6) is 5.75 Å². The molecule has 1 aliphatic carbocycles. The number of fused-ring (bicyclic) bond motifs is 3. The van der Waals surface area contributed by atoms with E-state index in [1.54, 1.807) is 12.1 Å². The lowest BCUT2D eigenvalue weighted by Crippen LogP contribution is -2.10. The summed E-state index contributed by atoms with van der Waals surface area (Å²) in [6.45, 7) is 0. The van der Waals surface area contributed by atoms with Gasteiger partial charge >= 0.3 is 5.63 Å². The van der Waals surface area contributed by atoms with E-state index in [2.05, 4.69) is 9.32 Å². The lowest BCUT2D eigenvalue weighted by molar-refractivity contribution is -0.199. The van der Waals surface area contributed by atoms with Gasteiger partial charge < -0.3 is 8.60 Å². The number of nitrogens with two attached hydrogens (primary N) is 1. The predicted octanol–water partition coefficient (Wildman–Crippen LogP) is 2.83. The molecule has 112 valence electrons. The molecule has 1 aliphatic rings. The zero-order chi connectivity index (χ0) is 14.7. The molecule has 0 spiro atoms. The van der Waals surface area contributed by atoms with Crippen molar-refractivity contribution in [1.29, 1.82) is 0 Å². The zero-order valence-corrected chi connectivity index (χ0v) is 12.1. The first-order valence-corrected chi connectivity index (χ1v) is 7.41. The summed E-state index contributed by atoms with van der Waals surface area (Å²) in [5.74, 6) is 5.20. The monoisotopic (exact) mass is 309 g/mol. The maximum Gasteiger partial charge on any atom is 0.339 e. The number of hydrogen-bond acceptors (Lipinski definition) is 7. The third-order valence-electron chi connectivity index (χ3n) is 3.64. The molecule has 2 N–H and O–H groups in total. The first-order valence-electron chi connectivity index (χ1n) is 6.75. The average Bonchev–Trinajstić information content (AvgIpc) is 2.74. The molecule has 21 heavy (non-hydrogen) atoms. The van der Waals surface area contributed by atoms with Gasteiger partial charge in [0.25, 0.3) is 12.3 Å². The van der Waals surface area contributed by atoms with Crippen LogP contribution in [0.25, 0.3) is 11.0 Å². The maximum atomic E-state index is 12.1. The summed E-state index contributed by atoms with van der Waals surface area (Å²) in [6, 6.07) is 5.36. The second-order valence-corrected chi connectivity index (χ2v) is 5.32. The minimum Gasteiger partial charge on any atom is -0.422 e. The van der Waals surface area contributed by atoms with Gasteiger partial charge in [-0.15, -0.1) is 9.32 Å². The van der Waals surface area contributed by atoms with Crippen LogP contribution in [-0.2, 0) is 22.2 Å². The van der Waals surface area contributed by atoms with Crippen LogP contribution >= 0.6 is 12.3 Å². The van der Waals surface area contributed by atoms with Gasteiger partial charge in [-0.1, -0.05) is 6.42 Å². The second kappa shape index (κ2) is 6.48. The molecule has 1 aromatic carbocycles. The number of benzene rings is 1. The minimum atomic E-state index is -0.245. The average molecular weight is 309 g/mol. The zero-order valence-electron chi connectivity index (χ0n) is 11.3. The van der Waals surface area contributed by atoms with Gasteiger partial charge in [-0.3, -0.25) is 0 Å². The first-order chi connectivity index (χ1) is 10.3. The van der Waals surface area contributed by atoms with E-state index in [4.69, 9.17) is 14.5 Å². The summed E-state index contributed by atoms with van der Waals surface area (Å²) in [5.41, 5.74) is 2.21. The third-order valence-corrected chi connectivity index (χ3v) is 4.04. The lowest BCUT2D eigenvalue weighted by atomic mass is 10.0. The number of rotatable bonds is 4. The van der Waals surface area contributed by atoms with Crippen molar-refractivity contribution in [3.63, 3.8) is 0 Å². The van der Waals surface area contributed by atoms with Gasteiger partial charge in [0, 0.05) is 17.0 Å². The molecule has 0 aliphatic heterocycles. The van der Waals surface area contributed by atoms with Crippen LogP contribution < -0.4 is 15.7 Å². The van der Waals surface area contributed by atoms with Crippen LogP contribution in [0.3, 0.4) is 0 Å². The molecule has 3 rings (SSSR count). The quantitative estimate of drug-likeness (QED) is 0.232. The first kappa shape index (κ1) is 14.4. The van der Waals surface area contributed by atoms with E-state index in [-0.39, 0.29) is 5.63 Å². The van der Waals surface area contributed by atoms with Crippen LogP contribution in [0, 0.1) is 0 Å². The van der Waals surface area contributed by atoms with Crippen LogP contribution in [-0.4, -0.2) is 0 Å². The molecule has 1 aromatic heterocycles. The van der Waals surface area contributed by atoms with Gasteiger partial charge in [-0.05, 0) is 43.4 Å². The van der Waals surface area contributed by atoms with Crippen LogP contribution in [0.2, 0.25) is 0 Å². The SMILES string of the molecule is NOOSOc1ccc2c3c(c(=O)oc2c1)CCCCC3. The normalized spacial score (nSPS) is 14.7. The molecule has 2 aromatic rings. The lowest BCUT2D eigenvalue weighted by Gasteiger charge is -2.09. The Hall–Kier alpha value is -1.54. The Bertz CT molecular complexity index is 700. The topological polar surface area (TPSA) is 83.9 Å². The Morgan fingerprint density at radius 1 is 1.14 bits per heavy atom. The Labute approximate surface area is 125 Å². The van der Waals surface area contributed by atoms with E-state index >= 15 is 0 Å². The summed E-state index contributed by atoms with van der Waals surface area (Å²) < 4.78 is 15.0. The van der Waals surface area contributed by atoms with Crippen molar-refractivity contribution in [3.8, 4) is 5.75 Å². The van der Waals surface area contributed by atoms with E-state index in [9.17, 15) is 4.79 Å². The Kier molecular flexibility index (Phi) is 4.45. The Balaban J connectivity index is 2.01. The van der Waals surface area contributed by atoms with E-state index in [1.165, 1.54) is 0 Å². The van der Waals surface area contributed by atoms with Crippen molar-refractivity contribution in [2.45, 2.75) is 32.1 Å². The highest BCUT2D eigenvalue weighted by atomic mass is 32.2. The van der Waals surface area contributed by atoms with Crippen molar-refractivity contribution < 1.29 is 17.9 Å². The molecule has 7 heteroatoms.